The molecule has 6 heteroatoms. The Morgan fingerprint density at radius 1 is 1.46 bits per heavy atom. The third-order valence-corrected chi connectivity index (χ3v) is 1.69. The Balaban J connectivity index is 2.82. The highest BCUT2D eigenvalue weighted by Crippen LogP contribution is 2.07. The van der Waals surface area contributed by atoms with Crippen LogP contribution in [0.4, 0.5) is 5.95 Å². The van der Waals surface area contributed by atoms with Gasteiger partial charge < -0.3 is 5.32 Å². The lowest BCUT2D eigenvalue weighted by Crippen LogP contribution is -2.10. The van der Waals surface area contributed by atoms with Crippen LogP contribution < -0.4 is 11.2 Å². The van der Waals surface area contributed by atoms with E-state index in [0.717, 1.165) is 24.9 Å². The van der Waals surface area contributed by atoms with Gasteiger partial charge in [0.05, 0.1) is 0 Å². The highest BCUT2D eigenvalue weighted by Gasteiger charge is 2.08. The molecule has 0 amide bonds. The molecule has 1 aromatic rings. The first-order valence-electron chi connectivity index (χ1n) is 4.31. The smallest absolute Gasteiger partial charge is 0.224 e. The van der Waals surface area contributed by atoms with Gasteiger partial charge in [-0.2, -0.15) is 0 Å². The summed E-state index contributed by atoms with van der Waals surface area (Å²) < 4.78 is 1.93. The highest BCUT2D eigenvalue weighted by atomic mass is 16.6. The summed E-state index contributed by atoms with van der Waals surface area (Å²) in [6.07, 6.45) is 0. The predicted octanol–water partition coefficient (Wildman–Crippen LogP) is 0.120. The van der Waals surface area contributed by atoms with Crippen LogP contribution in [0.3, 0.4) is 0 Å². The minimum absolute atomic E-state index is 0.284. The molecule has 0 aliphatic rings. The summed E-state index contributed by atoms with van der Waals surface area (Å²) >= 11 is 0. The molecule has 0 spiro atoms. The number of aromatic nitrogens is 3. The second kappa shape index (κ2) is 4.78. The van der Waals surface area contributed by atoms with Crippen molar-refractivity contribution in [2.24, 2.45) is 5.90 Å². The molecule has 0 atom stereocenters. The zero-order valence-corrected chi connectivity index (χ0v) is 7.95. The number of nitrogens with two attached hydrogens (primary N) is 1. The number of nitrogens with zero attached hydrogens (tertiary/aromatic N) is 3. The average Bonchev–Trinajstić information content (AvgIpc) is 2.49. The van der Waals surface area contributed by atoms with Gasteiger partial charge in [0.2, 0.25) is 5.95 Å². The molecule has 0 aromatic carbocycles. The van der Waals surface area contributed by atoms with E-state index in [-0.39, 0.29) is 6.61 Å². The van der Waals surface area contributed by atoms with E-state index in [2.05, 4.69) is 20.4 Å². The quantitative estimate of drug-likeness (QED) is 0.637. The van der Waals surface area contributed by atoms with Crippen molar-refractivity contribution >= 4 is 5.95 Å². The number of anilines is 1. The summed E-state index contributed by atoms with van der Waals surface area (Å²) in [5, 5.41) is 11.0. The van der Waals surface area contributed by atoms with Gasteiger partial charge in [-0.1, -0.05) is 0 Å². The van der Waals surface area contributed by atoms with E-state index in [9.17, 15) is 0 Å². The topological polar surface area (TPSA) is 78.0 Å². The molecule has 1 rings (SSSR count). The molecule has 0 radical (unpaired) electrons. The van der Waals surface area contributed by atoms with E-state index < -0.39 is 0 Å². The van der Waals surface area contributed by atoms with Gasteiger partial charge in [-0.05, 0) is 13.8 Å². The van der Waals surface area contributed by atoms with Gasteiger partial charge >= 0.3 is 0 Å². The molecule has 1 aromatic heterocycles. The average molecular weight is 185 g/mol. The Labute approximate surface area is 77.0 Å². The van der Waals surface area contributed by atoms with E-state index in [1.54, 1.807) is 0 Å². The Hall–Kier alpha value is -1.14. The van der Waals surface area contributed by atoms with E-state index in [1.807, 2.05) is 18.4 Å². The summed E-state index contributed by atoms with van der Waals surface area (Å²) in [4.78, 5) is 4.51. The van der Waals surface area contributed by atoms with Crippen LogP contribution in [0.15, 0.2) is 0 Å². The van der Waals surface area contributed by atoms with Crippen LogP contribution in [0.2, 0.25) is 0 Å². The lowest BCUT2D eigenvalue weighted by atomic mass is 10.6. The van der Waals surface area contributed by atoms with Gasteiger partial charge in [0.1, 0.15) is 6.61 Å². The van der Waals surface area contributed by atoms with Crippen molar-refractivity contribution in [3.05, 3.63) is 5.82 Å². The Morgan fingerprint density at radius 3 is 2.77 bits per heavy atom. The largest absolute Gasteiger partial charge is 0.355 e. The van der Waals surface area contributed by atoms with Crippen molar-refractivity contribution in [1.29, 1.82) is 0 Å². The highest BCUT2D eigenvalue weighted by molar-refractivity contribution is 5.25. The minimum atomic E-state index is 0.284. The fourth-order valence-electron chi connectivity index (χ4n) is 1.14. The second-order valence-corrected chi connectivity index (χ2v) is 2.53. The monoisotopic (exact) mass is 185 g/mol. The molecule has 1 heterocycles. The van der Waals surface area contributed by atoms with Crippen LogP contribution in [0.1, 0.15) is 19.7 Å². The van der Waals surface area contributed by atoms with E-state index >= 15 is 0 Å². The van der Waals surface area contributed by atoms with Gasteiger partial charge in [-0.3, -0.25) is 9.40 Å². The molecule has 3 N–H and O–H groups in total. The molecule has 0 bridgehead atoms. The fraction of sp³-hybridized carbons (Fsp3) is 0.714. The Kier molecular flexibility index (Phi) is 3.66. The molecule has 13 heavy (non-hydrogen) atoms. The summed E-state index contributed by atoms with van der Waals surface area (Å²) in [5.41, 5.74) is 0. The van der Waals surface area contributed by atoms with Gasteiger partial charge in [-0.15, -0.1) is 10.2 Å². The maximum atomic E-state index is 4.97. The first kappa shape index (κ1) is 9.94. The van der Waals surface area contributed by atoms with Crippen LogP contribution in [-0.2, 0) is 18.0 Å². The van der Waals surface area contributed by atoms with Crippen LogP contribution in [-0.4, -0.2) is 21.3 Å². The molecule has 74 valence electrons. The first-order chi connectivity index (χ1) is 6.33. The van der Waals surface area contributed by atoms with Crippen molar-refractivity contribution in [2.75, 3.05) is 11.9 Å². The van der Waals surface area contributed by atoms with Crippen molar-refractivity contribution < 1.29 is 4.84 Å². The van der Waals surface area contributed by atoms with Gasteiger partial charge in [0, 0.05) is 13.1 Å². The summed E-state index contributed by atoms with van der Waals surface area (Å²) in [6.45, 7) is 5.93. The van der Waals surface area contributed by atoms with Gasteiger partial charge in [-0.25, -0.2) is 5.90 Å². The lowest BCUT2D eigenvalue weighted by Gasteiger charge is -2.06. The SMILES string of the molecule is CCNc1nnc(CON)n1CC. The normalized spacial score (nSPS) is 10.4. The third-order valence-electron chi connectivity index (χ3n) is 1.69. The first-order valence-corrected chi connectivity index (χ1v) is 4.31. The molecule has 0 saturated heterocycles. The van der Waals surface area contributed by atoms with Crippen LogP contribution in [0, 0.1) is 0 Å². The third kappa shape index (κ3) is 2.16. The second-order valence-electron chi connectivity index (χ2n) is 2.53. The van der Waals surface area contributed by atoms with E-state index in [0.29, 0.717) is 0 Å². The number of hydrogen-bond acceptors (Lipinski definition) is 5. The fourth-order valence-corrected chi connectivity index (χ4v) is 1.14. The molecule has 0 aliphatic heterocycles. The van der Waals surface area contributed by atoms with E-state index in [4.69, 9.17) is 5.90 Å². The maximum Gasteiger partial charge on any atom is 0.224 e. The molecular formula is C7H15N5O. The standard InChI is InChI=1S/C7H15N5O/c1-3-9-7-11-10-6(5-13-8)12(7)4-2/h3-5,8H2,1-2H3,(H,9,11). The van der Waals surface area contributed by atoms with Crippen molar-refractivity contribution in [2.45, 2.75) is 27.0 Å². The Bertz CT molecular complexity index is 236. The number of nitrogens with one attached hydrogen (secondary N) is 1. The van der Waals surface area contributed by atoms with Crippen LogP contribution in [0.25, 0.3) is 0 Å². The molecule has 0 saturated carbocycles. The molecule has 0 aliphatic carbocycles. The number of hydrogen-bond donors (Lipinski definition) is 2. The summed E-state index contributed by atoms with van der Waals surface area (Å²) in [5.74, 6) is 6.46. The zero-order chi connectivity index (χ0) is 9.68. The van der Waals surface area contributed by atoms with Gasteiger partial charge in [0.15, 0.2) is 5.82 Å². The lowest BCUT2D eigenvalue weighted by molar-refractivity contribution is 0.115. The number of rotatable bonds is 5. The van der Waals surface area contributed by atoms with Crippen molar-refractivity contribution in [3.63, 3.8) is 0 Å². The minimum Gasteiger partial charge on any atom is -0.355 e. The van der Waals surface area contributed by atoms with Gasteiger partial charge in [0.25, 0.3) is 0 Å². The van der Waals surface area contributed by atoms with Crippen LogP contribution in [0.5, 0.6) is 0 Å². The van der Waals surface area contributed by atoms with E-state index in [1.165, 1.54) is 0 Å². The zero-order valence-electron chi connectivity index (χ0n) is 7.95. The van der Waals surface area contributed by atoms with Crippen molar-refractivity contribution in [1.82, 2.24) is 14.8 Å². The molecule has 6 nitrogen and oxygen atoms in total. The summed E-state index contributed by atoms with van der Waals surface area (Å²) in [7, 11) is 0. The molecular weight excluding hydrogens is 170 g/mol. The molecule has 0 unspecified atom stereocenters. The summed E-state index contributed by atoms with van der Waals surface area (Å²) in [6, 6.07) is 0. The van der Waals surface area contributed by atoms with Crippen LogP contribution >= 0.6 is 0 Å². The van der Waals surface area contributed by atoms with Crippen molar-refractivity contribution in [3.8, 4) is 0 Å². The molecule has 0 fully saturated rings. The maximum absolute atomic E-state index is 4.97. The Morgan fingerprint density at radius 2 is 2.23 bits per heavy atom. The predicted molar refractivity (Wildman–Crippen MR) is 48.8 cm³/mol.